The monoisotopic (exact) mass is 315 g/mol. The van der Waals surface area contributed by atoms with Crippen molar-refractivity contribution in [2.45, 2.75) is 65.0 Å². The zero-order chi connectivity index (χ0) is 15.6. The highest BCUT2D eigenvalue weighted by molar-refractivity contribution is 7.90. The molecule has 1 N–H and O–H groups in total. The van der Waals surface area contributed by atoms with E-state index in [2.05, 4.69) is 13.8 Å². The number of hydrogen-bond donors (Lipinski definition) is 1. The molecule has 0 aromatic rings. The summed E-state index contributed by atoms with van der Waals surface area (Å²) in [6.07, 6.45) is 2.38. The van der Waals surface area contributed by atoms with Crippen LogP contribution in [0.1, 0.15) is 52.9 Å². The summed E-state index contributed by atoms with van der Waals surface area (Å²) < 4.78 is 26.3. The van der Waals surface area contributed by atoms with Crippen molar-refractivity contribution < 1.29 is 18.3 Å². The van der Waals surface area contributed by atoms with Gasteiger partial charge in [0.2, 0.25) is 15.9 Å². The van der Waals surface area contributed by atoms with E-state index in [4.69, 9.17) is 0 Å². The summed E-state index contributed by atoms with van der Waals surface area (Å²) in [4.78, 5) is 12.4. The zero-order valence-corrected chi connectivity index (χ0v) is 13.8. The Bertz CT molecular complexity index is 570. The Morgan fingerprint density at radius 3 is 2.67 bits per heavy atom. The molecule has 6 heteroatoms. The van der Waals surface area contributed by atoms with Crippen LogP contribution in [0.4, 0.5) is 0 Å². The SMILES string of the molecule is CC[C@H](O)CC(=O)N1[C@H]2C[C@H]3CC[C@@]2(CS1(=O)=O)C3(C)C. The molecule has 0 unspecified atom stereocenters. The van der Waals surface area contributed by atoms with Gasteiger partial charge in [-0.05, 0) is 37.0 Å². The molecule has 3 aliphatic rings. The average Bonchev–Trinajstić information content (AvgIpc) is 2.84. The number of nitrogens with zero attached hydrogens (tertiary/aromatic N) is 1. The summed E-state index contributed by atoms with van der Waals surface area (Å²) >= 11 is 0. The fourth-order valence-electron chi connectivity index (χ4n) is 5.05. The molecule has 1 spiro atoms. The molecule has 3 rings (SSSR count). The molecule has 1 saturated heterocycles. The van der Waals surface area contributed by atoms with E-state index in [1.54, 1.807) is 6.92 Å². The minimum atomic E-state index is -3.54. The van der Waals surface area contributed by atoms with Crippen LogP contribution >= 0.6 is 0 Å². The maximum atomic E-state index is 12.6. The number of hydrogen-bond acceptors (Lipinski definition) is 4. The highest BCUT2D eigenvalue weighted by Crippen LogP contribution is 2.69. The number of aliphatic hydroxyl groups is 1. The number of carbonyl (C=O) groups is 1. The van der Waals surface area contributed by atoms with Crippen LogP contribution < -0.4 is 0 Å². The third kappa shape index (κ3) is 1.84. The van der Waals surface area contributed by atoms with Gasteiger partial charge >= 0.3 is 0 Å². The van der Waals surface area contributed by atoms with Gasteiger partial charge in [-0.15, -0.1) is 0 Å². The molecule has 0 aromatic heterocycles. The van der Waals surface area contributed by atoms with E-state index in [9.17, 15) is 18.3 Å². The van der Waals surface area contributed by atoms with Gasteiger partial charge < -0.3 is 5.11 Å². The first kappa shape index (κ1) is 15.3. The van der Waals surface area contributed by atoms with Crippen molar-refractivity contribution in [3.63, 3.8) is 0 Å². The second-order valence-electron chi connectivity index (χ2n) is 7.58. The number of rotatable bonds is 3. The number of sulfonamides is 1. The quantitative estimate of drug-likeness (QED) is 0.857. The maximum absolute atomic E-state index is 12.6. The lowest BCUT2D eigenvalue weighted by atomic mass is 9.69. The van der Waals surface area contributed by atoms with Gasteiger partial charge in [0.15, 0.2) is 0 Å². The van der Waals surface area contributed by atoms with Gasteiger partial charge in [0.1, 0.15) is 0 Å². The maximum Gasteiger partial charge on any atom is 0.238 e. The summed E-state index contributed by atoms with van der Waals surface area (Å²) in [6.45, 7) is 6.11. The van der Waals surface area contributed by atoms with Crippen LogP contribution in [0.3, 0.4) is 0 Å². The molecule has 4 atom stereocenters. The lowest BCUT2D eigenvalue weighted by Crippen LogP contribution is -2.44. The van der Waals surface area contributed by atoms with Crippen molar-refractivity contribution in [1.82, 2.24) is 4.31 Å². The Morgan fingerprint density at radius 1 is 1.43 bits per heavy atom. The van der Waals surface area contributed by atoms with Crippen LogP contribution in [-0.4, -0.2) is 41.6 Å². The van der Waals surface area contributed by atoms with E-state index in [-0.39, 0.29) is 29.0 Å². The smallest absolute Gasteiger partial charge is 0.238 e. The number of carbonyl (C=O) groups excluding carboxylic acids is 1. The molecule has 0 aromatic carbocycles. The molecular weight excluding hydrogens is 290 g/mol. The largest absolute Gasteiger partial charge is 0.393 e. The summed E-state index contributed by atoms with van der Waals surface area (Å²) in [5.74, 6) is 0.182. The molecule has 1 aliphatic heterocycles. The van der Waals surface area contributed by atoms with Gasteiger partial charge in [-0.1, -0.05) is 20.8 Å². The summed E-state index contributed by atoms with van der Waals surface area (Å²) in [7, 11) is -3.54. The predicted octanol–water partition coefficient (Wildman–Crippen LogP) is 1.51. The Labute approximate surface area is 126 Å². The van der Waals surface area contributed by atoms with Crippen molar-refractivity contribution in [3.8, 4) is 0 Å². The van der Waals surface area contributed by atoms with E-state index in [1.807, 2.05) is 0 Å². The van der Waals surface area contributed by atoms with Crippen molar-refractivity contribution >= 4 is 15.9 Å². The molecule has 2 bridgehead atoms. The van der Waals surface area contributed by atoms with Gasteiger partial charge in [-0.2, -0.15) is 0 Å². The first-order chi connectivity index (χ1) is 9.65. The Kier molecular flexibility index (Phi) is 3.23. The minimum absolute atomic E-state index is 0.0247. The summed E-state index contributed by atoms with van der Waals surface area (Å²) in [5, 5.41) is 9.69. The van der Waals surface area contributed by atoms with Crippen molar-refractivity contribution in [2.75, 3.05) is 5.75 Å². The average molecular weight is 315 g/mol. The molecule has 1 amide bonds. The lowest BCUT2D eigenvalue weighted by molar-refractivity contribution is -0.131. The molecule has 2 saturated carbocycles. The molecule has 3 fully saturated rings. The Hall–Kier alpha value is -0.620. The third-order valence-electron chi connectivity index (χ3n) is 6.54. The van der Waals surface area contributed by atoms with Crippen molar-refractivity contribution in [3.05, 3.63) is 0 Å². The zero-order valence-electron chi connectivity index (χ0n) is 13.0. The first-order valence-electron chi connectivity index (χ1n) is 7.89. The van der Waals surface area contributed by atoms with Gasteiger partial charge in [0.25, 0.3) is 0 Å². The van der Waals surface area contributed by atoms with Gasteiger partial charge in [-0.3, -0.25) is 4.79 Å². The standard InChI is InChI=1S/C15H25NO4S/c1-4-11(17)8-13(18)16-12-7-10-5-6-15(12,14(10,2)3)9-21(16,19)20/h10-12,17H,4-9H2,1-3H3/t10-,11+,12+,15+/m1/s1. The van der Waals surface area contributed by atoms with Gasteiger partial charge in [0.05, 0.1) is 24.3 Å². The van der Waals surface area contributed by atoms with Gasteiger partial charge in [-0.25, -0.2) is 12.7 Å². The third-order valence-corrected chi connectivity index (χ3v) is 8.48. The Morgan fingerprint density at radius 2 is 2.10 bits per heavy atom. The number of fused-ring (bicyclic) bond motifs is 1. The molecule has 21 heavy (non-hydrogen) atoms. The summed E-state index contributed by atoms with van der Waals surface area (Å²) in [6, 6.07) is -0.187. The van der Waals surface area contributed by atoms with Crippen LogP contribution in [0, 0.1) is 16.7 Å². The number of amides is 1. The van der Waals surface area contributed by atoms with E-state index >= 15 is 0 Å². The second-order valence-corrected chi connectivity index (χ2v) is 9.42. The topological polar surface area (TPSA) is 74.7 Å². The molecule has 0 radical (unpaired) electrons. The van der Waals surface area contributed by atoms with E-state index in [0.717, 1.165) is 23.6 Å². The van der Waals surface area contributed by atoms with Crippen molar-refractivity contribution in [1.29, 1.82) is 0 Å². The fraction of sp³-hybridized carbons (Fsp3) is 0.933. The molecule has 5 nitrogen and oxygen atoms in total. The fourth-order valence-corrected chi connectivity index (χ4v) is 7.61. The van der Waals surface area contributed by atoms with E-state index < -0.39 is 22.0 Å². The van der Waals surface area contributed by atoms with Crippen molar-refractivity contribution in [2.24, 2.45) is 16.7 Å². The van der Waals surface area contributed by atoms with Gasteiger partial charge in [0, 0.05) is 5.41 Å². The van der Waals surface area contributed by atoms with E-state index in [0.29, 0.717) is 12.3 Å². The lowest BCUT2D eigenvalue weighted by Gasteiger charge is -2.37. The van der Waals surface area contributed by atoms with Crippen LogP contribution in [0.15, 0.2) is 0 Å². The summed E-state index contributed by atoms with van der Waals surface area (Å²) in [5.41, 5.74) is -0.299. The van der Waals surface area contributed by atoms with Crippen LogP contribution in [0.2, 0.25) is 0 Å². The Balaban J connectivity index is 1.95. The molecule has 2 aliphatic carbocycles. The van der Waals surface area contributed by atoms with Crippen LogP contribution in [0.5, 0.6) is 0 Å². The highest BCUT2D eigenvalue weighted by atomic mass is 32.2. The van der Waals surface area contributed by atoms with E-state index in [1.165, 1.54) is 0 Å². The predicted molar refractivity (Wildman–Crippen MR) is 78.9 cm³/mol. The van der Waals surface area contributed by atoms with Crippen LogP contribution in [-0.2, 0) is 14.8 Å². The second kappa shape index (κ2) is 4.44. The normalized spacial score (nSPS) is 40.3. The first-order valence-corrected chi connectivity index (χ1v) is 9.49. The number of aliphatic hydroxyl groups excluding tert-OH is 1. The molecular formula is C15H25NO4S. The highest BCUT2D eigenvalue weighted by Gasteiger charge is 2.72. The van der Waals surface area contributed by atoms with Crippen LogP contribution in [0.25, 0.3) is 0 Å². The molecule has 120 valence electrons. The minimum Gasteiger partial charge on any atom is -0.393 e. The molecule has 1 heterocycles.